The van der Waals surface area contributed by atoms with Gasteiger partial charge in [-0.3, -0.25) is 0 Å². The summed E-state index contributed by atoms with van der Waals surface area (Å²) in [6.07, 6.45) is 3.46. The van der Waals surface area contributed by atoms with Crippen molar-refractivity contribution in [3.63, 3.8) is 0 Å². The summed E-state index contributed by atoms with van der Waals surface area (Å²) in [5.41, 5.74) is 3.90. The monoisotopic (exact) mass is 258 g/mol. The quantitative estimate of drug-likeness (QED) is 0.912. The summed E-state index contributed by atoms with van der Waals surface area (Å²) in [6.45, 7) is 3.26. The second kappa shape index (κ2) is 5.21. The lowest BCUT2D eigenvalue weighted by Crippen LogP contribution is -2.13. The van der Waals surface area contributed by atoms with Crippen LogP contribution >= 0.6 is 11.3 Å². The number of benzene rings is 1. The maximum absolute atomic E-state index is 4.77. The molecule has 0 radical (unpaired) electrons. The van der Waals surface area contributed by atoms with Crippen LogP contribution in [-0.2, 0) is 6.42 Å². The molecule has 2 aromatic rings. The van der Waals surface area contributed by atoms with E-state index >= 15 is 0 Å². The Labute approximate surface area is 112 Å². The number of rotatable bonds is 3. The Kier molecular flexibility index (Phi) is 3.43. The van der Waals surface area contributed by atoms with Crippen LogP contribution in [-0.4, -0.2) is 11.5 Å². The summed E-state index contributed by atoms with van der Waals surface area (Å²) in [5, 5.41) is 6.94. The molecule has 2 heterocycles. The SMILES string of the molecule is Cc1ccc(Cc2nc(C3CCCN3)cs2)cc1. The molecule has 1 atom stereocenters. The van der Waals surface area contributed by atoms with Gasteiger partial charge in [0.2, 0.25) is 0 Å². The zero-order valence-corrected chi connectivity index (χ0v) is 11.5. The third kappa shape index (κ3) is 2.62. The minimum atomic E-state index is 0.494. The van der Waals surface area contributed by atoms with Gasteiger partial charge in [-0.2, -0.15) is 0 Å². The van der Waals surface area contributed by atoms with E-state index in [0.717, 1.165) is 13.0 Å². The molecule has 1 aromatic carbocycles. The van der Waals surface area contributed by atoms with E-state index in [0.29, 0.717) is 6.04 Å². The van der Waals surface area contributed by atoms with E-state index in [1.54, 1.807) is 11.3 Å². The molecule has 2 nitrogen and oxygen atoms in total. The van der Waals surface area contributed by atoms with Crippen LogP contribution in [0.15, 0.2) is 29.6 Å². The molecule has 0 saturated carbocycles. The van der Waals surface area contributed by atoms with Gasteiger partial charge < -0.3 is 5.32 Å². The highest BCUT2D eigenvalue weighted by Gasteiger charge is 2.18. The summed E-state index contributed by atoms with van der Waals surface area (Å²) in [5.74, 6) is 0. The summed E-state index contributed by atoms with van der Waals surface area (Å²) in [4.78, 5) is 4.77. The minimum Gasteiger partial charge on any atom is -0.309 e. The van der Waals surface area contributed by atoms with Crippen LogP contribution in [0.2, 0.25) is 0 Å². The molecule has 1 aromatic heterocycles. The Morgan fingerprint density at radius 1 is 1.33 bits per heavy atom. The van der Waals surface area contributed by atoms with Gasteiger partial charge in [0.05, 0.1) is 16.7 Å². The van der Waals surface area contributed by atoms with Gasteiger partial charge in [0.1, 0.15) is 0 Å². The van der Waals surface area contributed by atoms with Gasteiger partial charge in [-0.05, 0) is 31.9 Å². The van der Waals surface area contributed by atoms with E-state index < -0.39 is 0 Å². The Hall–Kier alpha value is -1.19. The number of aromatic nitrogens is 1. The topological polar surface area (TPSA) is 24.9 Å². The molecule has 18 heavy (non-hydrogen) atoms. The van der Waals surface area contributed by atoms with Crippen LogP contribution in [0.25, 0.3) is 0 Å². The van der Waals surface area contributed by atoms with Crippen molar-refractivity contribution >= 4 is 11.3 Å². The fraction of sp³-hybridized carbons (Fsp3) is 0.400. The van der Waals surface area contributed by atoms with Crippen molar-refractivity contribution in [2.45, 2.75) is 32.2 Å². The number of thiazole rings is 1. The molecule has 1 saturated heterocycles. The molecule has 1 aliphatic heterocycles. The van der Waals surface area contributed by atoms with Crippen LogP contribution in [0.4, 0.5) is 0 Å². The van der Waals surface area contributed by atoms with E-state index in [-0.39, 0.29) is 0 Å². The first-order valence-corrected chi connectivity index (χ1v) is 7.42. The first-order valence-electron chi connectivity index (χ1n) is 6.54. The Morgan fingerprint density at radius 3 is 2.89 bits per heavy atom. The van der Waals surface area contributed by atoms with E-state index in [9.17, 15) is 0 Å². The molecule has 0 bridgehead atoms. The average molecular weight is 258 g/mol. The van der Waals surface area contributed by atoms with Crippen molar-refractivity contribution in [2.24, 2.45) is 0 Å². The van der Waals surface area contributed by atoms with Gasteiger partial charge in [0.15, 0.2) is 0 Å². The van der Waals surface area contributed by atoms with Gasteiger partial charge in [-0.25, -0.2) is 4.98 Å². The van der Waals surface area contributed by atoms with Gasteiger partial charge in [0, 0.05) is 11.8 Å². The Bertz CT molecular complexity index is 510. The maximum Gasteiger partial charge on any atom is 0.0972 e. The molecule has 3 heteroatoms. The third-order valence-corrected chi connectivity index (χ3v) is 4.33. The summed E-state index contributed by atoms with van der Waals surface area (Å²) < 4.78 is 0. The second-order valence-electron chi connectivity index (χ2n) is 4.98. The molecule has 0 aliphatic carbocycles. The smallest absolute Gasteiger partial charge is 0.0972 e. The molecule has 94 valence electrons. The molecule has 0 amide bonds. The van der Waals surface area contributed by atoms with Crippen molar-refractivity contribution < 1.29 is 0 Å². The molecular weight excluding hydrogens is 240 g/mol. The Balaban J connectivity index is 1.71. The second-order valence-corrected chi connectivity index (χ2v) is 5.92. The zero-order valence-electron chi connectivity index (χ0n) is 10.6. The predicted octanol–water partition coefficient (Wildman–Crippen LogP) is 3.47. The number of nitrogens with one attached hydrogen (secondary N) is 1. The molecule has 3 rings (SSSR count). The first-order chi connectivity index (χ1) is 8.81. The normalized spacial score (nSPS) is 19.3. The molecule has 1 aliphatic rings. The van der Waals surface area contributed by atoms with E-state index in [1.807, 2.05) is 0 Å². The molecule has 0 spiro atoms. The highest BCUT2D eigenvalue weighted by Crippen LogP contribution is 2.25. The van der Waals surface area contributed by atoms with Crippen molar-refractivity contribution in [1.82, 2.24) is 10.3 Å². The average Bonchev–Trinajstić information content (AvgIpc) is 3.02. The van der Waals surface area contributed by atoms with Crippen molar-refractivity contribution in [3.8, 4) is 0 Å². The highest BCUT2D eigenvalue weighted by atomic mass is 32.1. The maximum atomic E-state index is 4.77. The van der Waals surface area contributed by atoms with Gasteiger partial charge >= 0.3 is 0 Å². The lowest BCUT2D eigenvalue weighted by atomic mass is 10.1. The van der Waals surface area contributed by atoms with Crippen LogP contribution < -0.4 is 5.32 Å². The van der Waals surface area contributed by atoms with E-state index in [4.69, 9.17) is 4.98 Å². The van der Waals surface area contributed by atoms with Crippen LogP contribution in [0.5, 0.6) is 0 Å². The van der Waals surface area contributed by atoms with Crippen molar-refractivity contribution in [3.05, 3.63) is 51.5 Å². The predicted molar refractivity (Wildman–Crippen MR) is 76.1 cm³/mol. The highest BCUT2D eigenvalue weighted by molar-refractivity contribution is 7.09. The number of hydrogen-bond acceptors (Lipinski definition) is 3. The molecule has 1 unspecified atom stereocenters. The van der Waals surface area contributed by atoms with Crippen molar-refractivity contribution in [1.29, 1.82) is 0 Å². The van der Waals surface area contributed by atoms with Crippen molar-refractivity contribution in [2.75, 3.05) is 6.54 Å². The van der Waals surface area contributed by atoms with E-state index in [1.165, 1.54) is 34.7 Å². The summed E-state index contributed by atoms with van der Waals surface area (Å²) >= 11 is 1.78. The number of aryl methyl sites for hydroxylation is 1. The van der Waals surface area contributed by atoms with Crippen LogP contribution in [0, 0.1) is 6.92 Å². The number of hydrogen-bond donors (Lipinski definition) is 1. The third-order valence-electron chi connectivity index (χ3n) is 3.46. The lowest BCUT2D eigenvalue weighted by molar-refractivity contribution is 0.630. The lowest BCUT2D eigenvalue weighted by Gasteiger charge is -2.05. The number of nitrogens with zero attached hydrogens (tertiary/aromatic N) is 1. The van der Waals surface area contributed by atoms with Crippen LogP contribution in [0.3, 0.4) is 0 Å². The molecular formula is C15H18N2S. The van der Waals surface area contributed by atoms with Gasteiger partial charge in [-0.15, -0.1) is 11.3 Å². The Morgan fingerprint density at radius 2 is 2.17 bits per heavy atom. The first kappa shape index (κ1) is 11.9. The van der Waals surface area contributed by atoms with E-state index in [2.05, 4.69) is 41.9 Å². The molecule has 1 fully saturated rings. The molecule has 1 N–H and O–H groups in total. The fourth-order valence-corrected chi connectivity index (χ4v) is 3.27. The standard InChI is InChI=1S/C15H18N2S/c1-11-4-6-12(7-5-11)9-15-17-14(10-18-15)13-3-2-8-16-13/h4-7,10,13,16H,2-3,8-9H2,1H3. The summed E-state index contributed by atoms with van der Waals surface area (Å²) in [7, 11) is 0. The summed E-state index contributed by atoms with van der Waals surface area (Å²) in [6, 6.07) is 9.23. The minimum absolute atomic E-state index is 0.494. The largest absolute Gasteiger partial charge is 0.309 e. The van der Waals surface area contributed by atoms with Gasteiger partial charge in [0.25, 0.3) is 0 Å². The van der Waals surface area contributed by atoms with Gasteiger partial charge in [-0.1, -0.05) is 29.8 Å². The zero-order chi connectivity index (χ0) is 12.4. The van der Waals surface area contributed by atoms with Crippen LogP contribution in [0.1, 0.15) is 40.7 Å². The fourth-order valence-electron chi connectivity index (χ4n) is 2.38.